The standard InChI is InChI=1S/C26H31NO7/c1-15-22(28)16(2)24(29)33-23(15)21-13-18-12-19(6-7-20(18)32-21)31-14-17-8-10-27(11-9-17)25(30)34-26(3,4)5/h6-7,12-13,17,28H,8-11,14H2,1-5H3. The number of aromatic hydroxyl groups is 1. The number of hydrogen-bond acceptors (Lipinski definition) is 7. The molecule has 1 amide bonds. The Labute approximate surface area is 198 Å². The van der Waals surface area contributed by atoms with E-state index in [1.807, 2.05) is 32.9 Å². The number of benzene rings is 1. The molecule has 1 saturated heterocycles. The molecule has 34 heavy (non-hydrogen) atoms. The van der Waals surface area contributed by atoms with Crippen molar-refractivity contribution in [3.63, 3.8) is 0 Å². The van der Waals surface area contributed by atoms with Gasteiger partial charge in [-0.05, 0) is 77.6 Å². The summed E-state index contributed by atoms with van der Waals surface area (Å²) in [5.41, 5.74) is 0.151. The second-order valence-electron chi connectivity index (χ2n) is 9.85. The Morgan fingerprint density at radius 3 is 2.50 bits per heavy atom. The highest BCUT2D eigenvalue weighted by molar-refractivity contribution is 5.84. The van der Waals surface area contributed by atoms with Gasteiger partial charge in [-0.25, -0.2) is 9.59 Å². The fraction of sp³-hybridized carbons (Fsp3) is 0.462. The van der Waals surface area contributed by atoms with Crippen LogP contribution in [-0.4, -0.2) is 41.4 Å². The summed E-state index contributed by atoms with van der Waals surface area (Å²) in [5, 5.41) is 11.0. The number of fused-ring (bicyclic) bond motifs is 1. The van der Waals surface area contributed by atoms with Crippen LogP contribution in [0.1, 0.15) is 44.7 Å². The molecule has 8 heteroatoms. The van der Waals surface area contributed by atoms with Crippen molar-refractivity contribution in [2.75, 3.05) is 19.7 Å². The Morgan fingerprint density at radius 1 is 1.12 bits per heavy atom. The summed E-state index contributed by atoms with van der Waals surface area (Å²) in [6, 6.07) is 7.28. The quantitative estimate of drug-likeness (QED) is 0.546. The third kappa shape index (κ3) is 5.05. The van der Waals surface area contributed by atoms with Gasteiger partial charge in [0.15, 0.2) is 11.5 Å². The second kappa shape index (κ2) is 9.08. The van der Waals surface area contributed by atoms with E-state index in [-0.39, 0.29) is 23.2 Å². The van der Waals surface area contributed by atoms with Crippen molar-refractivity contribution in [3.05, 3.63) is 45.8 Å². The predicted molar refractivity (Wildman–Crippen MR) is 127 cm³/mol. The molecule has 1 aliphatic rings. The van der Waals surface area contributed by atoms with Crippen LogP contribution in [0.25, 0.3) is 22.5 Å². The maximum Gasteiger partial charge on any atom is 0.410 e. The normalized spacial score (nSPS) is 15.0. The average molecular weight is 470 g/mol. The van der Waals surface area contributed by atoms with E-state index in [1.54, 1.807) is 24.0 Å². The first-order valence-corrected chi connectivity index (χ1v) is 11.5. The Kier molecular flexibility index (Phi) is 6.34. The van der Waals surface area contributed by atoms with Gasteiger partial charge in [0, 0.05) is 24.0 Å². The van der Waals surface area contributed by atoms with Crippen LogP contribution in [0.2, 0.25) is 0 Å². The molecule has 182 valence electrons. The molecule has 0 atom stereocenters. The maximum atomic E-state index is 12.2. The molecule has 1 fully saturated rings. The van der Waals surface area contributed by atoms with Crippen molar-refractivity contribution in [3.8, 4) is 23.0 Å². The molecular formula is C26H31NO7. The Hall–Kier alpha value is -3.42. The fourth-order valence-electron chi connectivity index (χ4n) is 4.01. The van der Waals surface area contributed by atoms with Gasteiger partial charge < -0.3 is 28.3 Å². The third-order valence-corrected chi connectivity index (χ3v) is 6.02. The zero-order valence-electron chi connectivity index (χ0n) is 20.3. The second-order valence-corrected chi connectivity index (χ2v) is 9.85. The molecule has 1 aromatic carbocycles. The molecule has 1 aliphatic heterocycles. The van der Waals surface area contributed by atoms with Gasteiger partial charge in [0.2, 0.25) is 0 Å². The summed E-state index contributed by atoms with van der Waals surface area (Å²) in [7, 11) is 0. The minimum atomic E-state index is -0.597. The van der Waals surface area contributed by atoms with Crippen molar-refractivity contribution in [1.29, 1.82) is 0 Å². The van der Waals surface area contributed by atoms with Crippen LogP contribution >= 0.6 is 0 Å². The Bertz CT molecular complexity index is 1260. The van der Waals surface area contributed by atoms with Crippen LogP contribution in [0.15, 0.2) is 37.9 Å². The topological polar surface area (TPSA) is 102 Å². The van der Waals surface area contributed by atoms with Crippen LogP contribution in [0, 0.1) is 19.8 Å². The average Bonchev–Trinajstić information content (AvgIpc) is 3.21. The van der Waals surface area contributed by atoms with Crippen molar-refractivity contribution in [2.24, 2.45) is 5.92 Å². The van der Waals surface area contributed by atoms with Gasteiger partial charge in [-0.15, -0.1) is 0 Å². The smallest absolute Gasteiger partial charge is 0.410 e. The van der Waals surface area contributed by atoms with Gasteiger partial charge in [0.1, 0.15) is 22.7 Å². The predicted octanol–water partition coefficient (Wildman–Crippen LogP) is 5.40. The lowest BCUT2D eigenvalue weighted by Gasteiger charge is -2.33. The molecule has 0 radical (unpaired) electrons. The number of ether oxygens (including phenoxy) is 2. The number of likely N-dealkylation sites (tertiary alicyclic amines) is 1. The third-order valence-electron chi connectivity index (χ3n) is 6.02. The van der Waals surface area contributed by atoms with Crippen LogP contribution in [0.4, 0.5) is 4.79 Å². The van der Waals surface area contributed by atoms with E-state index < -0.39 is 11.2 Å². The van der Waals surface area contributed by atoms with E-state index in [0.717, 1.165) is 18.2 Å². The van der Waals surface area contributed by atoms with Crippen molar-refractivity contribution < 1.29 is 28.2 Å². The molecule has 3 heterocycles. The minimum Gasteiger partial charge on any atom is -0.507 e. The van der Waals surface area contributed by atoms with Gasteiger partial charge in [-0.1, -0.05) is 0 Å². The Balaban J connectivity index is 1.39. The maximum absolute atomic E-state index is 12.2. The van der Waals surface area contributed by atoms with E-state index in [4.69, 9.17) is 18.3 Å². The zero-order chi connectivity index (χ0) is 24.6. The Morgan fingerprint density at radius 2 is 1.82 bits per heavy atom. The minimum absolute atomic E-state index is 0.0894. The van der Waals surface area contributed by atoms with E-state index in [2.05, 4.69) is 0 Å². The molecule has 0 unspecified atom stereocenters. The van der Waals surface area contributed by atoms with Gasteiger partial charge in [0.25, 0.3) is 0 Å². The number of nitrogens with zero attached hydrogens (tertiary/aromatic N) is 1. The summed E-state index contributed by atoms with van der Waals surface area (Å²) in [6.45, 7) is 10.7. The number of amides is 1. The number of hydrogen-bond donors (Lipinski definition) is 1. The number of furan rings is 1. The van der Waals surface area contributed by atoms with E-state index in [9.17, 15) is 14.7 Å². The number of rotatable bonds is 4. The van der Waals surface area contributed by atoms with E-state index in [0.29, 0.717) is 48.3 Å². The van der Waals surface area contributed by atoms with Crippen molar-refractivity contribution in [2.45, 2.75) is 53.1 Å². The molecule has 2 aromatic heterocycles. The first-order valence-electron chi connectivity index (χ1n) is 11.5. The first kappa shape index (κ1) is 23.7. The van der Waals surface area contributed by atoms with Crippen LogP contribution in [0.3, 0.4) is 0 Å². The molecule has 0 saturated carbocycles. The summed E-state index contributed by atoms with van der Waals surface area (Å²) >= 11 is 0. The molecule has 0 spiro atoms. The summed E-state index contributed by atoms with van der Waals surface area (Å²) < 4.78 is 22.7. The molecule has 4 rings (SSSR count). The molecule has 1 N–H and O–H groups in total. The zero-order valence-corrected chi connectivity index (χ0v) is 20.3. The van der Waals surface area contributed by atoms with E-state index >= 15 is 0 Å². The van der Waals surface area contributed by atoms with Crippen molar-refractivity contribution >= 4 is 17.1 Å². The molecule has 8 nitrogen and oxygen atoms in total. The molecule has 0 aliphatic carbocycles. The highest BCUT2D eigenvalue weighted by atomic mass is 16.6. The van der Waals surface area contributed by atoms with Gasteiger partial charge in [0.05, 0.1) is 12.2 Å². The van der Waals surface area contributed by atoms with Crippen LogP contribution < -0.4 is 10.4 Å². The number of piperidine rings is 1. The monoisotopic (exact) mass is 469 g/mol. The summed E-state index contributed by atoms with van der Waals surface area (Å²) in [4.78, 5) is 26.0. The number of carbonyl (C=O) groups is 1. The molecular weight excluding hydrogens is 438 g/mol. The van der Waals surface area contributed by atoms with Crippen LogP contribution in [0.5, 0.6) is 11.5 Å². The largest absolute Gasteiger partial charge is 0.507 e. The molecule has 0 bridgehead atoms. The fourth-order valence-corrected chi connectivity index (χ4v) is 4.01. The van der Waals surface area contributed by atoms with Crippen molar-refractivity contribution in [1.82, 2.24) is 4.90 Å². The molecule has 3 aromatic rings. The highest BCUT2D eigenvalue weighted by Gasteiger charge is 2.27. The van der Waals surface area contributed by atoms with Gasteiger partial charge in [-0.2, -0.15) is 0 Å². The lowest BCUT2D eigenvalue weighted by atomic mass is 9.98. The first-order chi connectivity index (χ1) is 16.0. The van der Waals surface area contributed by atoms with Gasteiger partial charge in [-0.3, -0.25) is 0 Å². The lowest BCUT2D eigenvalue weighted by Crippen LogP contribution is -2.42. The lowest BCUT2D eigenvalue weighted by molar-refractivity contribution is 0.0165. The summed E-state index contributed by atoms with van der Waals surface area (Å²) in [6.07, 6.45) is 1.44. The van der Waals surface area contributed by atoms with Crippen LogP contribution in [-0.2, 0) is 4.74 Å². The van der Waals surface area contributed by atoms with Gasteiger partial charge >= 0.3 is 11.7 Å². The SMILES string of the molecule is Cc1c(-c2cc3cc(OCC4CCN(C(=O)OC(C)(C)C)CC4)ccc3o2)oc(=O)c(C)c1O. The highest BCUT2D eigenvalue weighted by Crippen LogP contribution is 2.35. The summed E-state index contributed by atoms with van der Waals surface area (Å²) in [5.74, 6) is 1.55. The van der Waals surface area contributed by atoms with E-state index in [1.165, 1.54) is 6.92 Å². The number of carbonyl (C=O) groups excluding carboxylic acids is 1.